The van der Waals surface area contributed by atoms with E-state index in [1.54, 1.807) is 18.2 Å². The topological polar surface area (TPSA) is 47.9 Å². The van der Waals surface area contributed by atoms with Crippen molar-refractivity contribution in [2.75, 3.05) is 6.61 Å². The second kappa shape index (κ2) is 6.91. The summed E-state index contributed by atoms with van der Waals surface area (Å²) in [6.45, 7) is 3.86. The van der Waals surface area contributed by atoms with Gasteiger partial charge in [0.1, 0.15) is 12.4 Å². The summed E-state index contributed by atoms with van der Waals surface area (Å²) in [6, 6.07) is 4.91. The zero-order valence-electron chi connectivity index (χ0n) is 9.77. The first kappa shape index (κ1) is 13.5. The van der Waals surface area contributed by atoms with Crippen molar-refractivity contribution in [3.63, 3.8) is 0 Å². The van der Waals surface area contributed by atoms with E-state index >= 15 is 0 Å². The molecule has 92 valence electrons. The van der Waals surface area contributed by atoms with Crippen molar-refractivity contribution in [2.24, 2.45) is 5.16 Å². The van der Waals surface area contributed by atoms with Crippen molar-refractivity contribution in [2.45, 2.75) is 20.3 Å². The predicted octanol–water partition coefficient (Wildman–Crippen LogP) is 3.03. The first-order valence-corrected chi connectivity index (χ1v) is 5.64. The third kappa shape index (κ3) is 4.87. The summed E-state index contributed by atoms with van der Waals surface area (Å²) in [6.07, 6.45) is 2.35. The quantitative estimate of drug-likeness (QED) is 0.267. The van der Waals surface area contributed by atoms with Crippen LogP contribution in [0.5, 0.6) is 5.75 Å². The summed E-state index contributed by atoms with van der Waals surface area (Å²) < 4.78 is 5.01. The van der Waals surface area contributed by atoms with Crippen LogP contribution < -0.4 is 4.74 Å². The minimum atomic E-state index is -0.392. The number of benzene rings is 1. The Bertz CT molecular complexity index is 418. The lowest BCUT2D eigenvalue weighted by Crippen LogP contribution is -2.03. The molecule has 0 aliphatic carbocycles. The third-order valence-electron chi connectivity index (χ3n) is 1.79. The highest BCUT2D eigenvalue weighted by Crippen LogP contribution is 2.21. The van der Waals surface area contributed by atoms with Crippen LogP contribution in [-0.2, 0) is 9.63 Å². The highest BCUT2D eigenvalue weighted by Gasteiger charge is 2.05. The predicted molar refractivity (Wildman–Crippen MR) is 66.6 cm³/mol. The maximum atomic E-state index is 10.9. The van der Waals surface area contributed by atoms with Gasteiger partial charge in [-0.3, -0.25) is 4.79 Å². The van der Waals surface area contributed by atoms with E-state index in [4.69, 9.17) is 21.2 Å². The first-order chi connectivity index (χ1) is 8.13. The number of carbonyl (C=O) groups excluding carboxylic acids is 1. The lowest BCUT2D eigenvalue weighted by atomic mass is 10.2. The molecular weight excluding hydrogens is 242 g/mol. The molecule has 0 aromatic heterocycles. The Morgan fingerprint density at radius 1 is 1.53 bits per heavy atom. The molecule has 0 aliphatic rings. The summed E-state index contributed by atoms with van der Waals surface area (Å²) in [5.74, 6) is 0.0159. The molecular formula is C12H14ClNO3. The monoisotopic (exact) mass is 255 g/mol. The molecule has 0 radical (unpaired) electrons. The first-order valence-electron chi connectivity index (χ1n) is 5.26. The normalized spacial score (nSPS) is 10.5. The van der Waals surface area contributed by atoms with Gasteiger partial charge in [0.15, 0.2) is 0 Å². The molecule has 0 N–H and O–H groups in total. The summed E-state index contributed by atoms with van der Waals surface area (Å²) in [7, 11) is 0. The number of hydrogen-bond donors (Lipinski definition) is 0. The maximum Gasteiger partial charge on any atom is 0.308 e. The lowest BCUT2D eigenvalue weighted by Gasteiger charge is -2.05. The molecule has 1 aromatic carbocycles. The van der Waals surface area contributed by atoms with Crippen LogP contribution in [0.2, 0.25) is 5.02 Å². The summed E-state index contributed by atoms with van der Waals surface area (Å²) in [5.41, 5.74) is 0.601. The van der Waals surface area contributed by atoms with Crippen LogP contribution in [-0.4, -0.2) is 18.8 Å². The van der Waals surface area contributed by atoms with Gasteiger partial charge in [0, 0.05) is 17.5 Å². The fourth-order valence-electron chi connectivity index (χ4n) is 1.11. The van der Waals surface area contributed by atoms with Crippen LogP contribution in [0.1, 0.15) is 25.8 Å². The second-order valence-electron chi connectivity index (χ2n) is 3.34. The minimum Gasteiger partial charge on any atom is -0.426 e. The average molecular weight is 256 g/mol. The van der Waals surface area contributed by atoms with Crippen LogP contribution >= 0.6 is 11.6 Å². The van der Waals surface area contributed by atoms with Gasteiger partial charge in [-0.05, 0) is 24.6 Å². The molecule has 0 atom stereocenters. The van der Waals surface area contributed by atoms with Crippen molar-refractivity contribution in [1.29, 1.82) is 0 Å². The number of carbonyl (C=O) groups is 1. The largest absolute Gasteiger partial charge is 0.426 e. The van der Waals surface area contributed by atoms with Crippen molar-refractivity contribution in [3.8, 4) is 5.75 Å². The smallest absolute Gasteiger partial charge is 0.308 e. The van der Waals surface area contributed by atoms with Crippen LogP contribution in [0.3, 0.4) is 0 Å². The molecule has 0 amide bonds. The van der Waals surface area contributed by atoms with Crippen LogP contribution in [0.25, 0.3) is 0 Å². The molecule has 0 spiro atoms. The number of ether oxygens (including phenoxy) is 1. The molecule has 0 aliphatic heterocycles. The van der Waals surface area contributed by atoms with E-state index in [-0.39, 0.29) is 0 Å². The number of rotatable bonds is 5. The van der Waals surface area contributed by atoms with E-state index < -0.39 is 5.97 Å². The number of esters is 1. The van der Waals surface area contributed by atoms with Crippen molar-refractivity contribution in [3.05, 3.63) is 28.8 Å². The van der Waals surface area contributed by atoms with E-state index in [1.807, 2.05) is 6.92 Å². The van der Waals surface area contributed by atoms with Crippen molar-refractivity contribution < 1.29 is 14.4 Å². The van der Waals surface area contributed by atoms with Gasteiger partial charge >= 0.3 is 5.97 Å². The second-order valence-corrected chi connectivity index (χ2v) is 3.78. The Labute approximate surface area is 105 Å². The van der Waals surface area contributed by atoms with Gasteiger partial charge in [0.05, 0.1) is 6.21 Å². The van der Waals surface area contributed by atoms with Crippen LogP contribution in [0.4, 0.5) is 0 Å². The third-order valence-corrected chi connectivity index (χ3v) is 2.02. The van der Waals surface area contributed by atoms with Gasteiger partial charge < -0.3 is 9.57 Å². The summed E-state index contributed by atoms with van der Waals surface area (Å²) in [5, 5.41) is 4.31. The fraction of sp³-hybridized carbons (Fsp3) is 0.333. The Morgan fingerprint density at radius 2 is 2.29 bits per heavy atom. The number of oxime groups is 1. The standard InChI is InChI=1S/C12H14ClNO3/c1-3-6-16-14-8-10-7-11(13)4-5-12(10)17-9(2)15/h4-5,7-8H,3,6H2,1-2H3/b14-8+. The molecule has 0 heterocycles. The molecule has 5 heteroatoms. The van der Waals surface area contributed by atoms with Gasteiger partial charge in [-0.25, -0.2) is 0 Å². The van der Waals surface area contributed by atoms with E-state index in [9.17, 15) is 4.79 Å². The highest BCUT2D eigenvalue weighted by atomic mass is 35.5. The molecule has 1 rings (SSSR count). The number of nitrogens with zero attached hydrogens (tertiary/aromatic N) is 1. The molecule has 0 fully saturated rings. The number of halogens is 1. The van der Waals surface area contributed by atoms with Gasteiger partial charge in [0.2, 0.25) is 0 Å². The molecule has 4 nitrogen and oxygen atoms in total. The molecule has 0 saturated heterocycles. The zero-order valence-corrected chi connectivity index (χ0v) is 10.5. The van der Waals surface area contributed by atoms with Gasteiger partial charge in [-0.15, -0.1) is 0 Å². The molecule has 0 bridgehead atoms. The Balaban J connectivity index is 2.83. The van der Waals surface area contributed by atoms with Crippen molar-refractivity contribution >= 4 is 23.8 Å². The van der Waals surface area contributed by atoms with E-state index in [0.717, 1.165) is 6.42 Å². The SMILES string of the molecule is CCCO/N=C/c1cc(Cl)ccc1OC(C)=O. The van der Waals surface area contributed by atoms with Gasteiger partial charge in [0.25, 0.3) is 0 Å². The Kier molecular flexibility index (Phi) is 5.49. The van der Waals surface area contributed by atoms with E-state index in [2.05, 4.69) is 5.16 Å². The maximum absolute atomic E-state index is 10.9. The number of hydrogen-bond acceptors (Lipinski definition) is 4. The molecule has 1 aromatic rings. The fourth-order valence-corrected chi connectivity index (χ4v) is 1.29. The van der Waals surface area contributed by atoms with E-state index in [1.165, 1.54) is 13.1 Å². The molecule has 17 heavy (non-hydrogen) atoms. The van der Waals surface area contributed by atoms with Crippen LogP contribution in [0.15, 0.2) is 23.4 Å². The highest BCUT2D eigenvalue weighted by molar-refractivity contribution is 6.30. The molecule has 0 unspecified atom stereocenters. The Hall–Kier alpha value is -1.55. The Morgan fingerprint density at radius 3 is 2.94 bits per heavy atom. The van der Waals surface area contributed by atoms with Crippen LogP contribution in [0, 0.1) is 0 Å². The van der Waals surface area contributed by atoms with Crippen molar-refractivity contribution in [1.82, 2.24) is 0 Å². The zero-order chi connectivity index (χ0) is 12.7. The lowest BCUT2D eigenvalue weighted by molar-refractivity contribution is -0.131. The molecule has 0 saturated carbocycles. The van der Waals surface area contributed by atoms with Gasteiger partial charge in [-0.2, -0.15) is 0 Å². The summed E-state index contributed by atoms with van der Waals surface area (Å²) in [4.78, 5) is 15.9. The van der Waals surface area contributed by atoms with Gasteiger partial charge in [-0.1, -0.05) is 23.7 Å². The minimum absolute atomic E-state index is 0.392. The van der Waals surface area contributed by atoms with E-state index in [0.29, 0.717) is 22.9 Å². The average Bonchev–Trinajstić information content (AvgIpc) is 2.27. The summed E-state index contributed by atoms with van der Waals surface area (Å²) >= 11 is 5.85.